The van der Waals surface area contributed by atoms with E-state index in [2.05, 4.69) is 20.9 Å². The number of pyridine rings is 1. The lowest BCUT2D eigenvalue weighted by atomic mass is 10.00. The number of ether oxygens (including phenoxy) is 1. The second-order valence-electron chi connectivity index (χ2n) is 6.56. The summed E-state index contributed by atoms with van der Waals surface area (Å²) in [4.78, 5) is 28.6. The number of ketones is 1. The maximum Gasteiger partial charge on any atom is 0.309 e. The SMILES string of the molecule is O=C(c1ccccn1)c1cc(Br)ccc1OCC(CCc1ccccc1)C(=O)O. The molecule has 3 rings (SSSR count). The minimum atomic E-state index is -0.921. The Morgan fingerprint density at radius 3 is 2.48 bits per heavy atom. The zero-order valence-corrected chi connectivity index (χ0v) is 17.2. The van der Waals surface area contributed by atoms with Crippen molar-refractivity contribution in [3.63, 3.8) is 0 Å². The summed E-state index contributed by atoms with van der Waals surface area (Å²) in [5.74, 6) is -1.54. The number of aliphatic carboxylic acids is 1. The summed E-state index contributed by atoms with van der Waals surface area (Å²) in [6.07, 6.45) is 2.64. The highest BCUT2D eigenvalue weighted by molar-refractivity contribution is 9.10. The lowest BCUT2D eigenvalue weighted by Crippen LogP contribution is -2.23. The van der Waals surface area contributed by atoms with Crippen LogP contribution in [0, 0.1) is 5.92 Å². The molecule has 0 saturated heterocycles. The van der Waals surface area contributed by atoms with Crippen LogP contribution in [0.4, 0.5) is 0 Å². The molecule has 0 aliphatic carbocycles. The summed E-state index contributed by atoms with van der Waals surface area (Å²) in [6, 6.07) is 19.9. The van der Waals surface area contributed by atoms with Crippen molar-refractivity contribution in [1.82, 2.24) is 4.98 Å². The van der Waals surface area contributed by atoms with Gasteiger partial charge in [0, 0.05) is 10.7 Å². The quantitative estimate of drug-likeness (QED) is 0.471. The number of carboxylic acids is 1. The van der Waals surface area contributed by atoms with E-state index in [-0.39, 0.29) is 12.4 Å². The zero-order chi connectivity index (χ0) is 20.6. The van der Waals surface area contributed by atoms with Gasteiger partial charge < -0.3 is 9.84 Å². The third-order valence-corrected chi connectivity index (χ3v) is 4.99. The lowest BCUT2D eigenvalue weighted by molar-refractivity contribution is -0.143. The molecule has 5 nitrogen and oxygen atoms in total. The smallest absolute Gasteiger partial charge is 0.309 e. The fourth-order valence-electron chi connectivity index (χ4n) is 2.89. The van der Waals surface area contributed by atoms with E-state index in [1.807, 2.05) is 30.3 Å². The van der Waals surface area contributed by atoms with Crippen molar-refractivity contribution in [3.05, 3.63) is 94.2 Å². The average Bonchev–Trinajstić information content (AvgIpc) is 2.75. The number of aromatic nitrogens is 1. The van der Waals surface area contributed by atoms with Crippen LogP contribution in [0.3, 0.4) is 0 Å². The molecule has 0 bridgehead atoms. The van der Waals surface area contributed by atoms with Gasteiger partial charge in [-0.25, -0.2) is 0 Å². The second-order valence-corrected chi connectivity index (χ2v) is 7.47. The van der Waals surface area contributed by atoms with Gasteiger partial charge in [0.05, 0.1) is 11.5 Å². The Morgan fingerprint density at radius 1 is 1.03 bits per heavy atom. The minimum absolute atomic E-state index is 0.0215. The van der Waals surface area contributed by atoms with Gasteiger partial charge >= 0.3 is 5.97 Å². The van der Waals surface area contributed by atoms with E-state index in [9.17, 15) is 14.7 Å². The second kappa shape index (κ2) is 9.98. The Balaban J connectivity index is 1.73. The molecule has 0 aliphatic rings. The molecule has 0 radical (unpaired) electrons. The van der Waals surface area contributed by atoms with Crippen molar-refractivity contribution in [2.24, 2.45) is 5.92 Å². The Morgan fingerprint density at radius 2 is 1.79 bits per heavy atom. The van der Waals surface area contributed by atoms with Crippen LogP contribution < -0.4 is 4.74 Å². The highest BCUT2D eigenvalue weighted by atomic mass is 79.9. The maximum absolute atomic E-state index is 12.8. The fourth-order valence-corrected chi connectivity index (χ4v) is 3.26. The molecule has 2 aromatic carbocycles. The lowest BCUT2D eigenvalue weighted by Gasteiger charge is -2.16. The Labute approximate surface area is 177 Å². The first-order valence-corrected chi connectivity index (χ1v) is 9.98. The number of hydrogen-bond donors (Lipinski definition) is 1. The first kappa shape index (κ1) is 20.7. The minimum Gasteiger partial charge on any atom is -0.492 e. The van der Waals surface area contributed by atoms with E-state index in [0.717, 1.165) is 10.0 Å². The fraction of sp³-hybridized carbons (Fsp3) is 0.174. The normalized spacial score (nSPS) is 11.6. The molecule has 0 amide bonds. The summed E-state index contributed by atoms with van der Waals surface area (Å²) < 4.78 is 6.52. The number of nitrogens with zero attached hydrogens (tertiary/aromatic N) is 1. The number of carbonyl (C=O) groups excluding carboxylic acids is 1. The van der Waals surface area contributed by atoms with Gasteiger partial charge in [-0.05, 0) is 48.7 Å². The van der Waals surface area contributed by atoms with Gasteiger partial charge in [-0.15, -0.1) is 0 Å². The Bertz CT molecular complexity index is 977. The predicted molar refractivity (Wildman–Crippen MR) is 113 cm³/mol. The number of carboxylic acid groups (broad SMARTS) is 1. The molecule has 1 heterocycles. The van der Waals surface area contributed by atoms with Crippen molar-refractivity contribution < 1.29 is 19.4 Å². The van der Waals surface area contributed by atoms with Gasteiger partial charge in [-0.3, -0.25) is 14.6 Å². The molecule has 0 aliphatic heterocycles. The van der Waals surface area contributed by atoms with E-state index in [1.165, 1.54) is 0 Å². The summed E-state index contributed by atoms with van der Waals surface area (Å²) in [5.41, 5.74) is 1.72. The molecule has 148 valence electrons. The summed E-state index contributed by atoms with van der Waals surface area (Å²) in [7, 11) is 0. The van der Waals surface area contributed by atoms with E-state index < -0.39 is 11.9 Å². The maximum atomic E-state index is 12.8. The van der Waals surface area contributed by atoms with E-state index >= 15 is 0 Å². The van der Waals surface area contributed by atoms with Crippen LogP contribution in [0.5, 0.6) is 5.75 Å². The molecule has 0 spiro atoms. The molecule has 29 heavy (non-hydrogen) atoms. The van der Waals surface area contributed by atoms with Gasteiger partial charge in [-0.2, -0.15) is 0 Å². The molecule has 0 saturated carbocycles. The number of aryl methyl sites for hydroxylation is 1. The van der Waals surface area contributed by atoms with Crippen LogP contribution in [-0.4, -0.2) is 28.4 Å². The van der Waals surface area contributed by atoms with Crippen LogP contribution in [0.2, 0.25) is 0 Å². The molecular formula is C23H20BrNO4. The largest absolute Gasteiger partial charge is 0.492 e. The predicted octanol–water partition coefficient (Wildman–Crippen LogP) is 4.79. The number of hydrogen-bond acceptors (Lipinski definition) is 4. The monoisotopic (exact) mass is 453 g/mol. The third kappa shape index (κ3) is 5.74. The van der Waals surface area contributed by atoms with E-state index in [1.54, 1.807) is 42.6 Å². The van der Waals surface area contributed by atoms with Crippen molar-refractivity contribution >= 4 is 27.7 Å². The van der Waals surface area contributed by atoms with Crippen LogP contribution in [-0.2, 0) is 11.2 Å². The number of rotatable bonds is 9. The van der Waals surface area contributed by atoms with Crippen molar-refractivity contribution in [2.45, 2.75) is 12.8 Å². The van der Waals surface area contributed by atoms with Gasteiger partial charge in [-0.1, -0.05) is 52.3 Å². The van der Waals surface area contributed by atoms with Crippen molar-refractivity contribution in [3.8, 4) is 5.75 Å². The van der Waals surface area contributed by atoms with Gasteiger partial charge in [0.25, 0.3) is 0 Å². The van der Waals surface area contributed by atoms with Gasteiger partial charge in [0.15, 0.2) is 0 Å². The average molecular weight is 454 g/mol. The summed E-state index contributed by atoms with van der Waals surface area (Å²) >= 11 is 3.37. The number of halogens is 1. The van der Waals surface area contributed by atoms with Gasteiger partial charge in [0.1, 0.15) is 18.1 Å². The first-order chi connectivity index (χ1) is 14.0. The van der Waals surface area contributed by atoms with Crippen molar-refractivity contribution in [1.29, 1.82) is 0 Å². The van der Waals surface area contributed by atoms with Crippen LogP contribution in [0.1, 0.15) is 28.0 Å². The Kier molecular flexibility index (Phi) is 7.14. The molecule has 1 aromatic heterocycles. The van der Waals surface area contributed by atoms with Gasteiger partial charge in [0.2, 0.25) is 5.78 Å². The summed E-state index contributed by atoms with van der Waals surface area (Å²) in [6.45, 7) is -0.0215. The molecular weight excluding hydrogens is 434 g/mol. The Hall–Kier alpha value is -2.99. The highest BCUT2D eigenvalue weighted by Gasteiger charge is 2.21. The van der Waals surface area contributed by atoms with Crippen molar-refractivity contribution in [2.75, 3.05) is 6.61 Å². The molecule has 1 unspecified atom stereocenters. The van der Waals surface area contributed by atoms with E-state index in [4.69, 9.17) is 4.74 Å². The van der Waals surface area contributed by atoms with Crippen LogP contribution in [0.25, 0.3) is 0 Å². The zero-order valence-electron chi connectivity index (χ0n) is 15.6. The third-order valence-electron chi connectivity index (χ3n) is 4.50. The molecule has 6 heteroatoms. The first-order valence-electron chi connectivity index (χ1n) is 9.19. The number of carbonyl (C=O) groups is 2. The van der Waals surface area contributed by atoms with Crippen LogP contribution in [0.15, 0.2) is 77.4 Å². The topological polar surface area (TPSA) is 76.5 Å². The molecule has 0 fully saturated rings. The summed E-state index contributed by atoms with van der Waals surface area (Å²) in [5, 5.41) is 9.57. The standard InChI is InChI=1S/C23H20BrNO4/c24-18-11-12-21(19(14-18)22(26)20-8-4-5-13-25-20)29-15-17(23(27)28)10-9-16-6-2-1-3-7-16/h1-8,11-14,17H,9-10,15H2,(H,27,28). The van der Waals surface area contributed by atoms with Crippen LogP contribution >= 0.6 is 15.9 Å². The number of benzene rings is 2. The molecule has 3 aromatic rings. The molecule has 1 N–H and O–H groups in total. The highest BCUT2D eigenvalue weighted by Crippen LogP contribution is 2.26. The van der Waals surface area contributed by atoms with E-state index in [0.29, 0.717) is 29.8 Å². The molecule has 1 atom stereocenters.